The van der Waals surface area contributed by atoms with E-state index in [0.29, 0.717) is 37.0 Å². The van der Waals surface area contributed by atoms with Crippen LogP contribution in [0, 0.1) is 0 Å². The highest BCUT2D eigenvalue weighted by atomic mass is 32.2. The van der Waals surface area contributed by atoms with E-state index in [-0.39, 0.29) is 19.0 Å². The van der Waals surface area contributed by atoms with Crippen LogP contribution < -0.4 is 0 Å². The molecule has 0 bridgehead atoms. The third-order valence-electron chi connectivity index (χ3n) is 3.10. The second-order valence-corrected chi connectivity index (χ2v) is 5.77. The average Bonchev–Trinajstić information content (AvgIpc) is 2.23. The smallest absolute Gasteiger partial charge is 0.102 e. The summed E-state index contributed by atoms with van der Waals surface area (Å²) >= 11 is 0. The van der Waals surface area contributed by atoms with Gasteiger partial charge in [0.05, 0.1) is 36.4 Å². The molecule has 0 aliphatic carbocycles. The minimum Gasteiger partial charge on any atom is -0.748 e. The first-order valence-corrected chi connectivity index (χ1v) is 7.47. The van der Waals surface area contributed by atoms with E-state index in [9.17, 15) is 13.0 Å². The second kappa shape index (κ2) is 7.99. The Labute approximate surface area is 103 Å². The molecule has 0 heterocycles. The van der Waals surface area contributed by atoms with Crippen molar-refractivity contribution in [1.29, 1.82) is 0 Å². The van der Waals surface area contributed by atoms with E-state index >= 15 is 0 Å². The van der Waals surface area contributed by atoms with Crippen molar-refractivity contribution in [2.45, 2.75) is 19.8 Å². The molecule has 0 fully saturated rings. The van der Waals surface area contributed by atoms with E-state index in [1.165, 1.54) is 0 Å². The highest BCUT2D eigenvalue weighted by molar-refractivity contribution is 7.85. The third kappa shape index (κ3) is 7.67. The fourth-order valence-electron chi connectivity index (χ4n) is 1.96. The molecule has 0 atom stereocenters. The van der Waals surface area contributed by atoms with E-state index in [1.807, 2.05) is 6.92 Å². The summed E-state index contributed by atoms with van der Waals surface area (Å²) in [5, 5.41) is 18.0. The van der Waals surface area contributed by atoms with Crippen LogP contribution in [0.25, 0.3) is 0 Å². The molecule has 0 saturated heterocycles. The van der Waals surface area contributed by atoms with Gasteiger partial charge in [0.25, 0.3) is 0 Å². The summed E-state index contributed by atoms with van der Waals surface area (Å²) in [5.74, 6) is -0.338. The Morgan fingerprint density at radius 2 is 1.59 bits per heavy atom. The van der Waals surface area contributed by atoms with E-state index in [0.717, 1.165) is 6.54 Å². The van der Waals surface area contributed by atoms with Crippen LogP contribution in [0.3, 0.4) is 0 Å². The standard InChI is InChI=1S/C10H23NO5S/c1-2-11(6-8-12,7-9-13)5-3-4-10-17(14,15)16/h12-13H,2-10H2,1H3. The minimum absolute atomic E-state index is 0.0354. The Bertz CT molecular complexity index is 285. The number of nitrogens with zero attached hydrogens (tertiary/aromatic N) is 1. The van der Waals surface area contributed by atoms with E-state index < -0.39 is 10.1 Å². The molecule has 7 heteroatoms. The first-order valence-electron chi connectivity index (χ1n) is 5.89. The van der Waals surface area contributed by atoms with Crippen molar-refractivity contribution in [2.24, 2.45) is 0 Å². The zero-order valence-electron chi connectivity index (χ0n) is 10.3. The maximum Gasteiger partial charge on any atom is 0.102 e. The molecule has 2 N–H and O–H groups in total. The lowest BCUT2D eigenvalue weighted by atomic mass is 10.2. The number of hydrogen-bond donors (Lipinski definition) is 2. The van der Waals surface area contributed by atoms with Crippen molar-refractivity contribution >= 4 is 10.1 Å². The Kier molecular flexibility index (Phi) is 7.89. The van der Waals surface area contributed by atoms with Gasteiger partial charge in [0.15, 0.2) is 0 Å². The highest BCUT2D eigenvalue weighted by Gasteiger charge is 2.23. The van der Waals surface area contributed by atoms with Crippen molar-refractivity contribution < 1.29 is 27.7 Å². The van der Waals surface area contributed by atoms with Gasteiger partial charge in [0, 0.05) is 5.75 Å². The number of aliphatic hydroxyl groups is 2. The number of likely N-dealkylation sites (N-methyl/N-ethyl adjacent to an activating group) is 1. The van der Waals surface area contributed by atoms with Crippen LogP contribution in [0.15, 0.2) is 0 Å². The SMILES string of the molecule is CC[N+](CCO)(CCO)CCCCS(=O)(=O)[O-]. The number of quaternary nitrogens is 1. The van der Waals surface area contributed by atoms with Crippen molar-refractivity contribution in [3.05, 3.63) is 0 Å². The molecule has 6 nitrogen and oxygen atoms in total. The van der Waals surface area contributed by atoms with Gasteiger partial charge in [-0.1, -0.05) is 0 Å². The summed E-state index contributed by atoms with van der Waals surface area (Å²) in [7, 11) is -4.13. The Morgan fingerprint density at radius 1 is 1.06 bits per heavy atom. The number of rotatable bonds is 10. The zero-order chi connectivity index (χ0) is 13.4. The summed E-state index contributed by atoms with van der Waals surface area (Å²) in [6.07, 6.45) is 0.942. The third-order valence-corrected chi connectivity index (χ3v) is 3.88. The van der Waals surface area contributed by atoms with Crippen molar-refractivity contribution in [1.82, 2.24) is 0 Å². The van der Waals surface area contributed by atoms with Crippen LogP contribution >= 0.6 is 0 Å². The molecule has 0 aliphatic rings. The van der Waals surface area contributed by atoms with E-state index in [4.69, 9.17) is 10.2 Å². The Hall–Kier alpha value is -0.210. The van der Waals surface area contributed by atoms with E-state index in [2.05, 4.69) is 0 Å². The summed E-state index contributed by atoms with van der Waals surface area (Å²) < 4.78 is 31.9. The lowest BCUT2D eigenvalue weighted by Crippen LogP contribution is -2.52. The van der Waals surface area contributed by atoms with Crippen LogP contribution in [0.5, 0.6) is 0 Å². The molecular weight excluding hydrogens is 246 g/mol. The van der Waals surface area contributed by atoms with Gasteiger partial charge in [-0.3, -0.25) is 0 Å². The van der Waals surface area contributed by atoms with Crippen LogP contribution in [-0.2, 0) is 10.1 Å². The van der Waals surface area contributed by atoms with Gasteiger partial charge in [-0.25, -0.2) is 8.42 Å². The van der Waals surface area contributed by atoms with Crippen LogP contribution in [0.1, 0.15) is 19.8 Å². The van der Waals surface area contributed by atoms with Gasteiger partial charge < -0.3 is 19.2 Å². The summed E-state index contributed by atoms with van der Waals surface area (Å²) in [4.78, 5) is 0. The molecule has 0 aromatic rings. The minimum atomic E-state index is -4.13. The van der Waals surface area contributed by atoms with Crippen molar-refractivity contribution in [2.75, 3.05) is 45.1 Å². The molecule has 0 radical (unpaired) electrons. The Morgan fingerprint density at radius 3 is 1.94 bits per heavy atom. The first-order chi connectivity index (χ1) is 7.89. The maximum absolute atomic E-state index is 10.4. The topological polar surface area (TPSA) is 97.7 Å². The molecule has 17 heavy (non-hydrogen) atoms. The molecule has 0 rings (SSSR count). The van der Waals surface area contributed by atoms with Crippen LogP contribution in [0.4, 0.5) is 0 Å². The van der Waals surface area contributed by atoms with Gasteiger partial charge in [0.2, 0.25) is 0 Å². The number of hydrogen-bond acceptors (Lipinski definition) is 5. The van der Waals surface area contributed by atoms with Gasteiger partial charge >= 0.3 is 0 Å². The predicted molar refractivity (Wildman–Crippen MR) is 63.4 cm³/mol. The highest BCUT2D eigenvalue weighted by Crippen LogP contribution is 2.09. The molecule has 0 saturated carbocycles. The summed E-state index contributed by atoms with van der Waals surface area (Å²) in [5.41, 5.74) is 0. The first kappa shape index (κ1) is 16.8. The fraction of sp³-hybridized carbons (Fsp3) is 1.00. The summed E-state index contributed by atoms with van der Waals surface area (Å²) in [6, 6.07) is 0. The van der Waals surface area contributed by atoms with Crippen LogP contribution in [-0.4, -0.2) is 72.8 Å². The van der Waals surface area contributed by atoms with Crippen molar-refractivity contribution in [3.8, 4) is 0 Å². The molecule has 0 spiro atoms. The Balaban J connectivity index is 4.15. The van der Waals surface area contributed by atoms with E-state index in [1.54, 1.807) is 0 Å². The largest absolute Gasteiger partial charge is 0.748 e. The molecular formula is C10H23NO5S. The second-order valence-electron chi connectivity index (χ2n) is 4.24. The molecule has 0 aliphatic heterocycles. The molecule has 0 unspecified atom stereocenters. The fourth-order valence-corrected chi connectivity index (χ4v) is 2.52. The lowest BCUT2D eigenvalue weighted by molar-refractivity contribution is -0.927. The van der Waals surface area contributed by atoms with Gasteiger partial charge in [-0.15, -0.1) is 0 Å². The van der Waals surface area contributed by atoms with Crippen LogP contribution in [0.2, 0.25) is 0 Å². The van der Waals surface area contributed by atoms with Gasteiger partial charge in [0.1, 0.15) is 13.1 Å². The zero-order valence-corrected chi connectivity index (χ0v) is 11.2. The predicted octanol–water partition coefficient (Wildman–Crippen LogP) is -0.867. The number of unbranched alkanes of at least 4 members (excludes halogenated alkanes) is 1. The summed E-state index contributed by atoms with van der Waals surface area (Å²) in [6.45, 7) is 4.57. The monoisotopic (exact) mass is 269 g/mol. The normalized spacial score (nSPS) is 12.9. The molecule has 0 aromatic heterocycles. The molecule has 104 valence electrons. The lowest BCUT2D eigenvalue weighted by Gasteiger charge is -2.37. The molecule has 0 amide bonds. The maximum atomic E-state index is 10.4. The van der Waals surface area contributed by atoms with Gasteiger partial charge in [-0.2, -0.15) is 0 Å². The number of aliphatic hydroxyl groups excluding tert-OH is 2. The quantitative estimate of drug-likeness (QED) is 0.305. The van der Waals surface area contributed by atoms with Gasteiger partial charge in [-0.05, 0) is 19.8 Å². The molecule has 0 aromatic carbocycles. The van der Waals surface area contributed by atoms with Crippen molar-refractivity contribution in [3.63, 3.8) is 0 Å². The average molecular weight is 269 g/mol.